The lowest BCUT2D eigenvalue weighted by molar-refractivity contribution is 1.41. The molecule has 0 bridgehead atoms. The van der Waals surface area contributed by atoms with Crippen molar-refractivity contribution in [1.82, 2.24) is 0 Å². The molecule has 0 unspecified atom stereocenters. The molecule has 0 spiro atoms. The van der Waals surface area contributed by atoms with Gasteiger partial charge in [0, 0.05) is 5.33 Å². The van der Waals surface area contributed by atoms with Crippen LogP contribution in [-0.4, -0.2) is 5.33 Å². The van der Waals surface area contributed by atoms with Crippen molar-refractivity contribution < 1.29 is 0 Å². The molecule has 0 radical (unpaired) electrons. The summed E-state index contributed by atoms with van der Waals surface area (Å²) in [6, 6.07) is 0. The van der Waals surface area contributed by atoms with Crippen LogP contribution in [0.25, 0.3) is 0 Å². The predicted molar refractivity (Wildman–Crippen MR) is 60.6 cm³/mol. The van der Waals surface area contributed by atoms with E-state index in [4.69, 9.17) is 0 Å². The van der Waals surface area contributed by atoms with E-state index >= 15 is 0 Å². The monoisotopic (exact) mass is 226 g/mol. The highest BCUT2D eigenvalue weighted by Gasteiger charge is 1.93. The Kier molecular flexibility index (Phi) is 5.73. The largest absolute Gasteiger partial charge is 0.0985 e. The first kappa shape index (κ1) is 11.4. The fourth-order valence-corrected chi connectivity index (χ4v) is 1.24. The van der Waals surface area contributed by atoms with Crippen LogP contribution in [0, 0.1) is 0 Å². The highest BCUT2D eigenvalue weighted by molar-refractivity contribution is 9.09. The molecule has 0 saturated carbocycles. The third-order valence-corrected chi connectivity index (χ3v) is 2.23. The summed E-state index contributed by atoms with van der Waals surface area (Å²) in [5, 5.41) is 0.869. The van der Waals surface area contributed by atoms with Crippen LogP contribution in [0.15, 0.2) is 48.1 Å². The summed E-state index contributed by atoms with van der Waals surface area (Å²) in [5.41, 5.74) is 3.39. The summed E-state index contributed by atoms with van der Waals surface area (Å²) >= 11 is 3.41. The molecule has 0 heterocycles. The molecule has 0 aliphatic carbocycles. The Morgan fingerprint density at radius 2 is 2.08 bits per heavy atom. The zero-order chi connectivity index (χ0) is 9.56. The lowest BCUT2D eigenvalue weighted by Gasteiger charge is -2.01. The first-order chi connectivity index (χ1) is 5.65. The molecular formula is C11H15Br. The minimum Gasteiger partial charge on any atom is -0.0985 e. The fourth-order valence-electron chi connectivity index (χ4n) is 0.755. The maximum Gasteiger partial charge on any atom is 0.0280 e. The molecule has 0 atom stereocenters. The molecule has 66 valence electrons. The lowest BCUT2D eigenvalue weighted by atomic mass is 10.1. The van der Waals surface area contributed by atoms with Gasteiger partial charge in [0.15, 0.2) is 0 Å². The Balaban J connectivity index is 4.70. The van der Waals surface area contributed by atoms with E-state index in [-0.39, 0.29) is 0 Å². The molecule has 0 rings (SSSR count). The van der Waals surface area contributed by atoms with E-state index in [1.165, 1.54) is 5.57 Å². The topological polar surface area (TPSA) is 0 Å². The van der Waals surface area contributed by atoms with Crippen molar-refractivity contribution in [2.24, 2.45) is 0 Å². The molecule has 0 N–H and O–H groups in total. The smallest absolute Gasteiger partial charge is 0.0280 e. The Morgan fingerprint density at radius 3 is 2.33 bits per heavy atom. The molecule has 0 aliphatic heterocycles. The van der Waals surface area contributed by atoms with E-state index < -0.39 is 0 Å². The molecule has 0 amide bonds. The molecule has 1 heteroatoms. The number of hydrogen-bond donors (Lipinski definition) is 0. The van der Waals surface area contributed by atoms with Gasteiger partial charge in [-0.3, -0.25) is 0 Å². The Labute approximate surface area is 83.5 Å². The lowest BCUT2D eigenvalue weighted by Crippen LogP contribution is -1.83. The van der Waals surface area contributed by atoms with Gasteiger partial charge in [-0.15, -0.1) is 0 Å². The number of hydrogen-bond acceptors (Lipinski definition) is 0. The number of allylic oxidation sites excluding steroid dienone is 6. The normalized spacial score (nSPS) is 12.9. The van der Waals surface area contributed by atoms with Gasteiger partial charge in [-0.2, -0.15) is 0 Å². The molecule has 0 aromatic carbocycles. The highest BCUT2D eigenvalue weighted by Crippen LogP contribution is 2.12. The quantitative estimate of drug-likeness (QED) is 0.502. The van der Waals surface area contributed by atoms with Crippen LogP contribution in [0.3, 0.4) is 0 Å². The number of halogens is 1. The van der Waals surface area contributed by atoms with Crippen LogP contribution in [0.1, 0.15) is 13.8 Å². The maximum atomic E-state index is 3.87. The van der Waals surface area contributed by atoms with Gasteiger partial charge in [0.2, 0.25) is 0 Å². The first-order valence-electron chi connectivity index (χ1n) is 3.86. The maximum absolute atomic E-state index is 3.87. The third kappa shape index (κ3) is 3.72. The van der Waals surface area contributed by atoms with Crippen molar-refractivity contribution in [1.29, 1.82) is 0 Å². The summed E-state index contributed by atoms with van der Waals surface area (Å²) in [7, 11) is 0. The molecule has 12 heavy (non-hydrogen) atoms. The van der Waals surface area contributed by atoms with E-state index in [0.717, 1.165) is 16.5 Å². The summed E-state index contributed by atoms with van der Waals surface area (Å²) in [6.07, 6.45) is 5.99. The van der Waals surface area contributed by atoms with Crippen LogP contribution in [0.2, 0.25) is 0 Å². The van der Waals surface area contributed by atoms with Gasteiger partial charge >= 0.3 is 0 Å². The van der Waals surface area contributed by atoms with Crippen LogP contribution in [-0.2, 0) is 0 Å². The molecule has 0 aliphatic rings. The second-order valence-electron chi connectivity index (χ2n) is 2.58. The average Bonchev–Trinajstić information content (AvgIpc) is 2.06. The first-order valence-corrected chi connectivity index (χ1v) is 4.99. The Morgan fingerprint density at radius 1 is 1.50 bits per heavy atom. The third-order valence-electron chi connectivity index (χ3n) is 1.58. The molecule has 0 saturated heterocycles. The average molecular weight is 227 g/mol. The van der Waals surface area contributed by atoms with Gasteiger partial charge in [0.05, 0.1) is 0 Å². The highest BCUT2D eigenvalue weighted by atomic mass is 79.9. The minimum absolute atomic E-state index is 0.869. The Bertz CT molecular complexity index is 231. The van der Waals surface area contributed by atoms with Gasteiger partial charge < -0.3 is 0 Å². The van der Waals surface area contributed by atoms with Gasteiger partial charge in [0.1, 0.15) is 0 Å². The summed E-state index contributed by atoms with van der Waals surface area (Å²) in [6.45, 7) is 11.6. The summed E-state index contributed by atoms with van der Waals surface area (Å²) < 4.78 is 0. The van der Waals surface area contributed by atoms with E-state index in [9.17, 15) is 0 Å². The van der Waals surface area contributed by atoms with E-state index in [1.54, 1.807) is 0 Å². The van der Waals surface area contributed by atoms with Crippen molar-refractivity contribution in [2.75, 3.05) is 5.33 Å². The van der Waals surface area contributed by atoms with E-state index in [0.29, 0.717) is 0 Å². The van der Waals surface area contributed by atoms with Crippen molar-refractivity contribution in [3.05, 3.63) is 48.1 Å². The predicted octanol–water partition coefficient (Wildman–Crippen LogP) is 4.02. The van der Waals surface area contributed by atoms with Crippen molar-refractivity contribution in [3.63, 3.8) is 0 Å². The standard InChI is InChI=1S/C11H15Br/c1-5-10(8-12)7-11(6-2)9(3)4/h5-7H,2-3,8H2,1,4H3/b10-5+,11-7-. The second-order valence-corrected chi connectivity index (χ2v) is 3.14. The van der Waals surface area contributed by atoms with Crippen LogP contribution < -0.4 is 0 Å². The van der Waals surface area contributed by atoms with Gasteiger partial charge in [-0.05, 0) is 25.0 Å². The molecule has 0 fully saturated rings. The molecular weight excluding hydrogens is 212 g/mol. The zero-order valence-corrected chi connectivity index (χ0v) is 9.32. The van der Waals surface area contributed by atoms with Crippen LogP contribution in [0.5, 0.6) is 0 Å². The summed E-state index contributed by atoms with van der Waals surface area (Å²) in [4.78, 5) is 0. The van der Waals surface area contributed by atoms with Crippen molar-refractivity contribution in [3.8, 4) is 0 Å². The second kappa shape index (κ2) is 6.01. The van der Waals surface area contributed by atoms with Gasteiger partial charge in [-0.1, -0.05) is 52.9 Å². The Hall–Kier alpha value is -0.560. The summed E-state index contributed by atoms with van der Waals surface area (Å²) in [5.74, 6) is 0. The number of rotatable bonds is 4. The van der Waals surface area contributed by atoms with Gasteiger partial charge in [-0.25, -0.2) is 0 Å². The zero-order valence-electron chi connectivity index (χ0n) is 7.73. The number of alkyl halides is 1. The van der Waals surface area contributed by atoms with E-state index in [1.807, 2.05) is 19.9 Å². The molecule has 0 nitrogen and oxygen atoms in total. The molecule has 0 aromatic rings. The van der Waals surface area contributed by atoms with Gasteiger partial charge in [0.25, 0.3) is 0 Å². The molecule has 0 aromatic heterocycles. The van der Waals surface area contributed by atoms with Crippen LogP contribution >= 0.6 is 15.9 Å². The van der Waals surface area contributed by atoms with E-state index in [2.05, 4.69) is 41.2 Å². The SMILES string of the molecule is C=C/C(=C/C(=C\C)CBr)C(=C)C. The fraction of sp³-hybridized carbons (Fsp3) is 0.273. The van der Waals surface area contributed by atoms with Crippen LogP contribution in [0.4, 0.5) is 0 Å². The minimum atomic E-state index is 0.869. The van der Waals surface area contributed by atoms with Crippen molar-refractivity contribution >= 4 is 15.9 Å². The van der Waals surface area contributed by atoms with Crippen molar-refractivity contribution in [2.45, 2.75) is 13.8 Å².